The zero-order chi connectivity index (χ0) is 23.3. The molecule has 0 spiro atoms. The Morgan fingerprint density at radius 1 is 1.12 bits per heavy atom. The molecule has 2 aromatic rings. The Kier molecular flexibility index (Phi) is 8.00. The number of amides is 1. The summed E-state index contributed by atoms with van der Waals surface area (Å²) in [5, 5.41) is 0. The predicted octanol–water partition coefficient (Wildman–Crippen LogP) is 3.02. The van der Waals surface area contributed by atoms with Crippen LogP contribution >= 0.6 is 0 Å². The minimum atomic E-state index is -3.68. The summed E-state index contributed by atoms with van der Waals surface area (Å²) in [6, 6.07) is 11.5. The van der Waals surface area contributed by atoms with Crippen LogP contribution in [0.15, 0.2) is 47.4 Å². The van der Waals surface area contributed by atoms with Gasteiger partial charge in [0.1, 0.15) is 5.82 Å². The highest BCUT2D eigenvalue weighted by atomic mass is 32.2. The number of aryl methyl sites for hydroxylation is 1. The van der Waals surface area contributed by atoms with Gasteiger partial charge in [0.25, 0.3) is 0 Å². The first-order valence-electron chi connectivity index (χ1n) is 10.8. The SMILES string of the molecule is Cc1ccc(S(=O)(=O)N(C)CCCCCC2CC(c3ccc(F)cc3)NN2)cc1C(N)=O. The lowest BCUT2D eigenvalue weighted by Gasteiger charge is -2.18. The molecule has 1 aliphatic rings. The van der Waals surface area contributed by atoms with Crippen molar-refractivity contribution in [2.75, 3.05) is 13.6 Å². The molecule has 4 N–H and O–H groups in total. The van der Waals surface area contributed by atoms with E-state index in [9.17, 15) is 17.6 Å². The van der Waals surface area contributed by atoms with E-state index in [0.29, 0.717) is 18.2 Å². The third-order valence-corrected chi connectivity index (χ3v) is 7.82. The predicted molar refractivity (Wildman–Crippen MR) is 122 cm³/mol. The zero-order valence-corrected chi connectivity index (χ0v) is 19.3. The van der Waals surface area contributed by atoms with Crippen LogP contribution in [-0.4, -0.2) is 38.3 Å². The van der Waals surface area contributed by atoms with Gasteiger partial charge < -0.3 is 5.73 Å². The van der Waals surface area contributed by atoms with E-state index in [-0.39, 0.29) is 22.3 Å². The number of unbranched alkanes of at least 4 members (excludes halogenated alkanes) is 2. The Bertz CT molecular complexity index is 1040. The minimum Gasteiger partial charge on any atom is -0.366 e. The fraction of sp³-hybridized carbons (Fsp3) is 0.435. The van der Waals surface area contributed by atoms with Crippen LogP contribution in [-0.2, 0) is 10.0 Å². The molecule has 1 heterocycles. The van der Waals surface area contributed by atoms with E-state index < -0.39 is 15.9 Å². The van der Waals surface area contributed by atoms with Gasteiger partial charge >= 0.3 is 0 Å². The highest BCUT2D eigenvalue weighted by Crippen LogP contribution is 2.25. The number of sulfonamides is 1. The second-order valence-corrected chi connectivity index (χ2v) is 10.4. The molecule has 0 bridgehead atoms. The van der Waals surface area contributed by atoms with Crippen LogP contribution in [0.5, 0.6) is 0 Å². The number of hydrazine groups is 1. The summed E-state index contributed by atoms with van der Waals surface area (Å²) in [5.41, 5.74) is 13.8. The number of nitrogens with two attached hydrogens (primary N) is 1. The van der Waals surface area contributed by atoms with Gasteiger partial charge in [-0.2, -0.15) is 0 Å². The van der Waals surface area contributed by atoms with E-state index in [1.807, 2.05) is 0 Å². The number of hydrogen-bond acceptors (Lipinski definition) is 5. The molecule has 2 atom stereocenters. The number of nitrogens with one attached hydrogen (secondary N) is 2. The number of primary amides is 1. The van der Waals surface area contributed by atoms with E-state index in [0.717, 1.165) is 37.7 Å². The fourth-order valence-electron chi connectivity index (χ4n) is 3.95. The first kappa shape index (κ1) is 24.3. The van der Waals surface area contributed by atoms with Gasteiger partial charge in [0, 0.05) is 31.2 Å². The van der Waals surface area contributed by atoms with Crippen LogP contribution in [0.25, 0.3) is 0 Å². The second kappa shape index (κ2) is 10.5. The van der Waals surface area contributed by atoms with Crippen LogP contribution in [0, 0.1) is 12.7 Å². The van der Waals surface area contributed by atoms with Gasteiger partial charge in [-0.3, -0.25) is 15.6 Å². The van der Waals surface area contributed by atoms with Gasteiger partial charge in [-0.15, -0.1) is 0 Å². The average molecular weight is 463 g/mol. The zero-order valence-electron chi connectivity index (χ0n) is 18.5. The Morgan fingerprint density at radius 2 is 1.84 bits per heavy atom. The normalized spacial score (nSPS) is 18.9. The largest absolute Gasteiger partial charge is 0.366 e. The Balaban J connectivity index is 1.42. The third kappa shape index (κ3) is 5.92. The maximum Gasteiger partial charge on any atom is 0.249 e. The van der Waals surface area contributed by atoms with Gasteiger partial charge in [0.05, 0.1) is 4.90 Å². The summed E-state index contributed by atoms with van der Waals surface area (Å²) in [7, 11) is -2.13. The lowest BCUT2D eigenvalue weighted by molar-refractivity contribution is 0.0999. The first-order valence-corrected chi connectivity index (χ1v) is 12.3. The van der Waals surface area contributed by atoms with Crippen molar-refractivity contribution in [1.82, 2.24) is 15.2 Å². The molecule has 1 saturated heterocycles. The van der Waals surface area contributed by atoms with Crippen LogP contribution in [0.3, 0.4) is 0 Å². The first-order chi connectivity index (χ1) is 15.2. The Labute approximate surface area is 189 Å². The molecule has 2 aromatic carbocycles. The maximum atomic E-state index is 13.1. The molecule has 0 aromatic heterocycles. The molecule has 3 rings (SSSR count). The van der Waals surface area contributed by atoms with E-state index in [4.69, 9.17) is 5.73 Å². The van der Waals surface area contributed by atoms with E-state index in [1.54, 1.807) is 32.2 Å². The molecule has 1 fully saturated rings. The minimum absolute atomic E-state index is 0.0764. The summed E-state index contributed by atoms with van der Waals surface area (Å²) in [4.78, 5) is 11.6. The van der Waals surface area contributed by atoms with Gasteiger partial charge in [0.15, 0.2) is 0 Å². The average Bonchev–Trinajstić information content (AvgIpc) is 3.22. The van der Waals surface area contributed by atoms with E-state index in [2.05, 4.69) is 10.9 Å². The van der Waals surface area contributed by atoms with Crippen molar-refractivity contribution in [2.24, 2.45) is 5.73 Å². The monoisotopic (exact) mass is 462 g/mol. The Hall–Kier alpha value is -2.33. The summed E-state index contributed by atoms with van der Waals surface area (Å²) in [5.74, 6) is -0.877. The van der Waals surface area contributed by atoms with Gasteiger partial charge in [0.2, 0.25) is 15.9 Å². The number of carbonyl (C=O) groups excluding carboxylic acids is 1. The number of hydrogen-bond donors (Lipinski definition) is 3. The highest BCUT2D eigenvalue weighted by Gasteiger charge is 2.25. The van der Waals surface area contributed by atoms with Crippen molar-refractivity contribution >= 4 is 15.9 Å². The highest BCUT2D eigenvalue weighted by molar-refractivity contribution is 7.89. The molecule has 0 aliphatic carbocycles. The molecular weight excluding hydrogens is 431 g/mol. The van der Waals surface area contributed by atoms with Crippen molar-refractivity contribution in [3.8, 4) is 0 Å². The van der Waals surface area contributed by atoms with E-state index >= 15 is 0 Å². The molecule has 9 heteroatoms. The number of carbonyl (C=O) groups is 1. The van der Waals surface area contributed by atoms with Gasteiger partial charge in [-0.1, -0.05) is 31.0 Å². The molecule has 0 saturated carbocycles. The standard InChI is InChI=1S/C23H31FN4O3S/c1-16-7-12-20(15-21(16)23(25)29)32(30,31)28(2)13-5-3-4-6-19-14-22(27-26-19)17-8-10-18(24)11-9-17/h7-12,15,19,22,26-27H,3-6,13-14H2,1-2H3,(H2,25,29). The van der Waals surface area contributed by atoms with Crippen molar-refractivity contribution < 1.29 is 17.6 Å². The van der Waals surface area contributed by atoms with Crippen LogP contribution in [0.4, 0.5) is 4.39 Å². The number of benzene rings is 2. The van der Waals surface area contributed by atoms with Crippen LogP contribution < -0.4 is 16.6 Å². The molecule has 32 heavy (non-hydrogen) atoms. The summed E-state index contributed by atoms with van der Waals surface area (Å²) >= 11 is 0. The third-order valence-electron chi connectivity index (χ3n) is 5.96. The van der Waals surface area contributed by atoms with Crippen molar-refractivity contribution in [1.29, 1.82) is 0 Å². The molecule has 2 unspecified atom stereocenters. The number of halogens is 1. The van der Waals surface area contributed by atoms with Crippen molar-refractivity contribution in [3.63, 3.8) is 0 Å². The molecular formula is C23H31FN4O3S. The van der Waals surface area contributed by atoms with Gasteiger partial charge in [-0.05, 0) is 61.6 Å². The van der Waals surface area contributed by atoms with Crippen LogP contribution in [0.1, 0.15) is 59.6 Å². The quantitative estimate of drug-likeness (QED) is 0.471. The van der Waals surface area contributed by atoms with E-state index in [1.165, 1.54) is 28.6 Å². The topological polar surface area (TPSA) is 105 Å². The number of rotatable bonds is 10. The van der Waals surface area contributed by atoms with Crippen molar-refractivity contribution in [2.45, 2.75) is 56.0 Å². The lowest BCUT2D eigenvalue weighted by atomic mass is 9.99. The molecule has 174 valence electrons. The summed E-state index contributed by atoms with van der Waals surface area (Å²) in [6.45, 7) is 2.12. The molecule has 7 nitrogen and oxygen atoms in total. The molecule has 0 radical (unpaired) electrons. The molecule has 1 aliphatic heterocycles. The smallest absolute Gasteiger partial charge is 0.249 e. The summed E-state index contributed by atoms with van der Waals surface area (Å²) < 4.78 is 40.0. The number of nitrogens with zero attached hydrogens (tertiary/aromatic N) is 1. The Morgan fingerprint density at radius 3 is 2.53 bits per heavy atom. The van der Waals surface area contributed by atoms with Gasteiger partial charge in [-0.25, -0.2) is 17.1 Å². The second-order valence-electron chi connectivity index (χ2n) is 8.34. The maximum absolute atomic E-state index is 13.1. The van der Waals surface area contributed by atoms with Crippen molar-refractivity contribution in [3.05, 3.63) is 65.0 Å². The summed E-state index contributed by atoms with van der Waals surface area (Å²) in [6.07, 6.45) is 4.52. The fourth-order valence-corrected chi connectivity index (χ4v) is 5.19. The lowest BCUT2D eigenvalue weighted by Crippen LogP contribution is -2.31. The van der Waals surface area contributed by atoms with Crippen LogP contribution in [0.2, 0.25) is 0 Å². The molecule has 1 amide bonds.